The zero-order chi connectivity index (χ0) is 20.1. The fraction of sp³-hybridized carbons (Fsp3) is 0.643. The summed E-state index contributed by atoms with van der Waals surface area (Å²) in [5.41, 5.74) is -2.90. The fourth-order valence-corrected chi connectivity index (χ4v) is 2.06. The number of rotatable bonds is 9. The molecule has 11 heteroatoms. The van der Waals surface area contributed by atoms with Gasteiger partial charge in [0.25, 0.3) is 0 Å². The molecular weight excluding hydrogens is 344 g/mol. The molecule has 0 aromatic heterocycles. The Bertz CT molecular complexity index is 531. The lowest BCUT2D eigenvalue weighted by Gasteiger charge is -2.26. The van der Waals surface area contributed by atoms with Crippen LogP contribution >= 0.6 is 0 Å². The number of carbonyl (C=O) groups is 5. The first-order valence-corrected chi connectivity index (χ1v) is 6.97. The van der Waals surface area contributed by atoms with Gasteiger partial charge in [-0.15, -0.1) is 0 Å². The average Bonchev–Trinajstić information content (AvgIpc) is 2.50. The maximum Gasteiger partial charge on any atom is 0.345 e. The molecule has 0 radical (unpaired) electrons. The predicted octanol–water partition coefficient (Wildman–Crippen LogP) is -3.75. The van der Waals surface area contributed by atoms with E-state index >= 15 is 0 Å². The topological polar surface area (TPSA) is 196 Å². The molecule has 0 saturated carbocycles. The number of aliphatic hydroxyl groups is 5. The summed E-state index contributed by atoms with van der Waals surface area (Å²) in [7, 11) is 0. The lowest BCUT2D eigenvalue weighted by atomic mass is 9.77. The molecule has 5 N–H and O–H groups in total. The highest BCUT2D eigenvalue weighted by atomic mass is 16.6. The van der Waals surface area contributed by atoms with E-state index in [1.165, 1.54) is 0 Å². The normalized spacial score (nSPS) is 16.3. The SMILES string of the molecule is CC(=O)C(C(C)=O)(C(C)=O)C(=O)OC(=O)[C@H](O)[C@@H](O)[C@H](O)[C@H](O)CO. The number of hydrogen-bond acceptors (Lipinski definition) is 11. The highest BCUT2D eigenvalue weighted by Gasteiger charge is 2.55. The smallest absolute Gasteiger partial charge is 0.345 e. The van der Waals surface area contributed by atoms with Crippen molar-refractivity contribution in [1.82, 2.24) is 0 Å². The van der Waals surface area contributed by atoms with Crippen molar-refractivity contribution in [2.24, 2.45) is 5.41 Å². The molecule has 0 spiro atoms. The highest BCUT2D eigenvalue weighted by molar-refractivity contribution is 6.36. The van der Waals surface area contributed by atoms with Gasteiger partial charge in [0.2, 0.25) is 5.41 Å². The van der Waals surface area contributed by atoms with Crippen molar-refractivity contribution < 1.29 is 54.2 Å². The van der Waals surface area contributed by atoms with E-state index in [4.69, 9.17) is 10.2 Å². The number of ketones is 3. The third-order valence-corrected chi connectivity index (χ3v) is 3.58. The second kappa shape index (κ2) is 8.87. The Hall–Kier alpha value is -2.05. The average molecular weight is 364 g/mol. The highest BCUT2D eigenvalue weighted by Crippen LogP contribution is 2.24. The van der Waals surface area contributed by atoms with Gasteiger partial charge in [-0.3, -0.25) is 14.4 Å². The van der Waals surface area contributed by atoms with Crippen molar-refractivity contribution in [2.75, 3.05) is 6.61 Å². The molecule has 142 valence electrons. The summed E-state index contributed by atoms with van der Waals surface area (Å²) in [5, 5.41) is 46.2. The summed E-state index contributed by atoms with van der Waals surface area (Å²) in [5.74, 6) is -7.38. The number of hydrogen-bond donors (Lipinski definition) is 5. The van der Waals surface area contributed by atoms with Gasteiger partial charge in [-0.05, 0) is 20.8 Å². The maximum absolute atomic E-state index is 12.0. The molecule has 0 rings (SSSR count). The van der Waals surface area contributed by atoms with Gasteiger partial charge in [0.1, 0.15) is 18.3 Å². The van der Waals surface area contributed by atoms with Gasteiger partial charge in [0.05, 0.1) is 6.61 Å². The Morgan fingerprint density at radius 2 is 1.24 bits per heavy atom. The zero-order valence-electron chi connectivity index (χ0n) is 13.7. The molecular formula is C14H20O11. The van der Waals surface area contributed by atoms with Crippen LogP contribution in [0.2, 0.25) is 0 Å². The molecule has 0 aromatic carbocycles. The summed E-state index contributed by atoms with van der Waals surface area (Å²) in [6, 6.07) is 0. The molecule has 0 amide bonds. The second-order valence-corrected chi connectivity index (χ2v) is 5.30. The first-order valence-electron chi connectivity index (χ1n) is 6.97. The Kier molecular flexibility index (Phi) is 8.15. The van der Waals surface area contributed by atoms with Crippen LogP contribution in [0.1, 0.15) is 20.8 Å². The number of ether oxygens (including phenoxy) is 1. The van der Waals surface area contributed by atoms with E-state index in [2.05, 4.69) is 4.74 Å². The summed E-state index contributed by atoms with van der Waals surface area (Å²) < 4.78 is 4.14. The van der Waals surface area contributed by atoms with Crippen LogP contribution in [0.5, 0.6) is 0 Å². The zero-order valence-corrected chi connectivity index (χ0v) is 13.7. The lowest BCUT2D eigenvalue weighted by molar-refractivity contribution is -0.182. The van der Waals surface area contributed by atoms with Crippen molar-refractivity contribution >= 4 is 29.3 Å². The molecule has 0 aliphatic heterocycles. The van der Waals surface area contributed by atoms with Crippen molar-refractivity contribution in [1.29, 1.82) is 0 Å². The van der Waals surface area contributed by atoms with Crippen LogP contribution in [0.4, 0.5) is 0 Å². The molecule has 0 fully saturated rings. The van der Waals surface area contributed by atoms with Crippen LogP contribution < -0.4 is 0 Å². The predicted molar refractivity (Wildman–Crippen MR) is 76.7 cm³/mol. The first kappa shape index (κ1) is 22.9. The Morgan fingerprint density at radius 1 is 0.840 bits per heavy atom. The molecule has 0 aliphatic carbocycles. The summed E-state index contributed by atoms with van der Waals surface area (Å²) >= 11 is 0. The minimum atomic E-state index is -2.90. The van der Waals surface area contributed by atoms with Gasteiger partial charge in [-0.2, -0.15) is 0 Å². The van der Waals surface area contributed by atoms with E-state index in [1.807, 2.05) is 0 Å². The van der Waals surface area contributed by atoms with Crippen LogP contribution in [0.3, 0.4) is 0 Å². The standard InChI is InChI=1S/C14H20O11/c1-5(16)14(6(2)17,7(3)18)13(24)25-12(23)11(22)10(21)9(20)8(19)4-15/h8-11,15,19-22H,4H2,1-3H3/t8-,9-,10+,11-/m1/s1. The molecule has 0 saturated heterocycles. The van der Waals surface area contributed by atoms with Gasteiger partial charge >= 0.3 is 11.9 Å². The van der Waals surface area contributed by atoms with Crippen LogP contribution in [0.25, 0.3) is 0 Å². The van der Waals surface area contributed by atoms with E-state index < -0.39 is 65.7 Å². The Balaban J connectivity index is 5.46. The molecule has 0 bridgehead atoms. The third kappa shape index (κ3) is 4.52. The van der Waals surface area contributed by atoms with Gasteiger partial charge in [-0.25, -0.2) is 9.59 Å². The number of carbonyl (C=O) groups excluding carboxylic acids is 5. The largest absolute Gasteiger partial charge is 0.394 e. The molecule has 0 heterocycles. The molecule has 0 aliphatic rings. The lowest BCUT2D eigenvalue weighted by Crippen LogP contribution is -2.54. The van der Waals surface area contributed by atoms with Gasteiger partial charge in [0.15, 0.2) is 23.5 Å². The minimum Gasteiger partial charge on any atom is -0.394 e. The van der Waals surface area contributed by atoms with Crippen LogP contribution in [0, 0.1) is 5.41 Å². The van der Waals surface area contributed by atoms with E-state index in [9.17, 15) is 39.3 Å². The minimum absolute atomic E-state index is 0.751. The maximum atomic E-state index is 12.0. The first-order chi connectivity index (χ1) is 11.3. The van der Waals surface area contributed by atoms with Gasteiger partial charge in [-0.1, -0.05) is 0 Å². The summed E-state index contributed by atoms with van der Waals surface area (Å²) in [6.07, 6.45) is -9.05. The number of esters is 2. The second-order valence-electron chi connectivity index (χ2n) is 5.30. The number of aliphatic hydroxyl groups excluding tert-OH is 5. The van der Waals surface area contributed by atoms with E-state index in [-0.39, 0.29) is 0 Å². The van der Waals surface area contributed by atoms with Crippen LogP contribution in [0.15, 0.2) is 0 Å². The quantitative estimate of drug-likeness (QED) is 0.199. The monoisotopic (exact) mass is 364 g/mol. The van der Waals surface area contributed by atoms with Crippen molar-refractivity contribution in [2.45, 2.75) is 45.2 Å². The summed E-state index contributed by atoms with van der Waals surface area (Å²) in [6.45, 7) is 1.24. The third-order valence-electron chi connectivity index (χ3n) is 3.58. The van der Waals surface area contributed by atoms with Crippen molar-refractivity contribution in [3.05, 3.63) is 0 Å². The fourth-order valence-electron chi connectivity index (χ4n) is 2.06. The van der Waals surface area contributed by atoms with E-state index in [0.717, 1.165) is 20.8 Å². The molecule has 11 nitrogen and oxygen atoms in total. The summed E-state index contributed by atoms with van der Waals surface area (Å²) in [4.78, 5) is 58.7. The Morgan fingerprint density at radius 3 is 1.56 bits per heavy atom. The Labute approximate surface area is 141 Å². The molecule has 0 unspecified atom stereocenters. The van der Waals surface area contributed by atoms with Crippen LogP contribution in [-0.2, 0) is 28.7 Å². The van der Waals surface area contributed by atoms with E-state index in [0.29, 0.717) is 0 Å². The molecule has 4 atom stereocenters. The van der Waals surface area contributed by atoms with E-state index in [1.54, 1.807) is 0 Å². The molecule has 25 heavy (non-hydrogen) atoms. The molecule has 0 aromatic rings. The van der Waals surface area contributed by atoms with Crippen molar-refractivity contribution in [3.8, 4) is 0 Å². The number of Topliss-reactive ketones (excluding diaryl/α,β-unsaturated/α-hetero) is 3. The van der Waals surface area contributed by atoms with Crippen molar-refractivity contribution in [3.63, 3.8) is 0 Å². The van der Waals surface area contributed by atoms with Gasteiger partial charge in [0, 0.05) is 0 Å². The van der Waals surface area contributed by atoms with Gasteiger partial charge < -0.3 is 30.3 Å². The van der Waals surface area contributed by atoms with Crippen LogP contribution in [-0.4, -0.2) is 85.8 Å².